The minimum Gasteiger partial charge on any atom is -0.477 e. The number of rotatable bonds is 9. The largest absolute Gasteiger partial charge is 0.477 e. The molecule has 2 aliphatic rings. The smallest absolute Gasteiger partial charge is 0.352 e. The van der Waals surface area contributed by atoms with E-state index in [2.05, 4.69) is 30.5 Å². The highest BCUT2D eigenvalue weighted by atomic mass is 32.2. The number of amides is 3. The molecule has 0 aromatic carbocycles. The van der Waals surface area contributed by atoms with E-state index in [0.717, 1.165) is 16.2 Å². The Labute approximate surface area is 266 Å². The van der Waals surface area contributed by atoms with Gasteiger partial charge < -0.3 is 26.7 Å². The quantitative estimate of drug-likeness (QED) is 0.0599. The maximum atomic E-state index is 13.3. The summed E-state index contributed by atoms with van der Waals surface area (Å²) in [6, 6.07) is 0.612. The van der Waals surface area contributed by atoms with Crippen LogP contribution < -0.4 is 16.8 Å². The SMILES string of the molecule is Cc1cc(SCC2=C(C(=O)O)N3C(=O)[C@@H](NC(=O)/C(=N\OC(=O)C(C)(C)C)c4csc(N)n4)[C@H]3SC2)n2nc(C(N)=O)nc2n1. The van der Waals surface area contributed by atoms with E-state index in [0.29, 0.717) is 16.3 Å². The van der Waals surface area contributed by atoms with Crippen LogP contribution in [-0.2, 0) is 24.0 Å². The van der Waals surface area contributed by atoms with E-state index in [4.69, 9.17) is 16.3 Å². The molecule has 1 fully saturated rings. The number of nitrogens with one attached hydrogen (secondary N) is 1. The summed E-state index contributed by atoms with van der Waals surface area (Å²) in [6.07, 6.45) is 0. The number of carbonyl (C=O) groups is 5. The molecule has 17 nitrogen and oxygen atoms in total. The van der Waals surface area contributed by atoms with Gasteiger partial charge in [0.15, 0.2) is 10.8 Å². The summed E-state index contributed by atoms with van der Waals surface area (Å²) in [4.78, 5) is 81.2. The van der Waals surface area contributed by atoms with E-state index in [1.165, 1.54) is 33.4 Å². The lowest BCUT2D eigenvalue weighted by molar-refractivity contribution is -0.153. The first-order valence-electron chi connectivity index (χ1n) is 13.0. The highest BCUT2D eigenvalue weighted by Gasteiger charge is 2.54. The van der Waals surface area contributed by atoms with Crippen LogP contribution in [0.2, 0.25) is 0 Å². The van der Waals surface area contributed by atoms with Gasteiger partial charge in [-0.25, -0.2) is 19.6 Å². The Balaban J connectivity index is 1.35. The first kappa shape index (κ1) is 31.9. The third-order valence-electron chi connectivity index (χ3n) is 6.37. The van der Waals surface area contributed by atoms with Gasteiger partial charge in [0.2, 0.25) is 5.82 Å². The fraction of sp³-hybridized carbons (Fsp3) is 0.360. The van der Waals surface area contributed by atoms with Crippen molar-refractivity contribution in [2.75, 3.05) is 17.2 Å². The van der Waals surface area contributed by atoms with Crippen molar-refractivity contribution in [1.29, 1.82) is 0 Å². The zero-order chi connectivity index (χ0) is 32.8. The van der Waals surface area contributed by atoms with Crippen LogP contribution in [0.25, 0.3) is 5.78 Å². The van der Waals surface area contributed by atoms with Crippen LogP contribution in [0, 0.1) is 12.3 Å². The van der Waals surface area contributed by atoms with Crippen molar-refractivity contribution >= 4 is 81.1 Å². The highest BCUT2D eigenvalue weighted by molar-refractivity contribution is 8.01. The monoisotopic (exact) mass is 674 g/mol. The van der Waals surface area contributed by atoms with Gasteiger partial charge >= 0.3 is 11.9 Å². The maximum absolute atomic E-state index is 13.3. The molecule has 0 unspecified atom stereocenters. The number of carboxylic acids is 1. The number of nitrogen functional groups attached to an aromatic ring is 1. The lowest BCUT2D eigenvalue weighted by Gasteiger charge is -2.49. The van der Waals surface area contributed by atoms with E-state index in [1.54, 1.807) is 33.8 Å². The average Bonchev–Trinajstić information content (AvgIpc) is 3.59. The summed E-state index contributed by atoms with van der Waals surface area (Å²) >= 11 is 3.53. The molecule has 236 valence electrons. The molecule has 0 aliphatic carbocycles. The third-order valence-corrected chi connectivity index (χ3v) is 9.46. The fourth-order valence-corrected chi connectivity index (χ4v) is 7.23. The van der Waals surface area contributed by atoms with Crippen molar-refractivity contribution in [1.82, 2.24) is 34.8 Å². The van der Waals surface area contributed by atoms with Crippen molar-refractivity contribution in [3.63, 3.8) is 0 Å². The Morgan fingerprint density at radius 2 is 1.98 bits per heavy atom. The average molecular weight is 675 g/mol. The molecule has 3 amide bonds. The number of anilines is 1. The number of aromatic nitrogens is 5. The zero-order valence-corrected chi connectivity index (χ0v) is 26.6. The van der Waals surface area contributed by atoms with E-state index in [9.17, 15) is 29.1 Å². The van der Waals surface area contributed by atoms with Crippen LogP contribution in [0.1, 0.15) is 42.8 Å². The van der Waals surface area contributed by atoms with Crippen molar-refractivity contribution in [3.8, 4) is 0 Å². The molecular formula is C25H26N10O7S3. The van der Waals surface area contributed by atoms with Gasteiger partial charge in [-0.1, -0.05) is 5.16 Å². The van der Waals surface area contributed by atoms with E-state index >= 15 is 0 Å². The van der Waals surface area contributed by atoms with E-state index in [-0.39, 0.29) is 45.3 Å². The van der Waals surface area contributed by atoms with Crippen LogP contribution in [0.15, 0.2) is 32.9 Å². The van der Waals surface area contributed by atoms with Gasteiger partial charge in [-0.15, -0.1) is 40.0 Å². The van der Waals surface area contributed by atoms with Crippen LogP contribution in [0.4, 0.5) is 5.13 Å². The zero-order valence-electron chi connectivity index (χ0n) is 24.1. The molecule has 2 aliphatic heterocycles. The molecular weight excluding hydrogens is 649 g/mol. The van der Waals surface area contributed by atoms with Crippen LogP contribution in [0.3, 0.4) is 0 Å². The number of carbonyl (C=O) groups excluding carboxylic acids is 4. The third kappa shape index (κ3) is 6.33. The van der Waals surface area contributed by atoms with E-state index in [1.807, 2.05) is 0 Å². The van der Waals surface area contributed by atoms with Gasteiger partial charge in [0, 0.05) is 22.6 Å². The number of thiazole rings is 1. The summed E-state index contributed by atoms with van der Waals surface area (Å²) < 4.78 is 1.34. The van der Waals surface area contributed by atoms with Gasteiger partial charge in [-0.05, 0) is 39.3 Å². The van der Waals surface area contributed by atoms with Crippen LogP contribution in [0.5, 0.6) is 0 Å². The van der Waals surface area contributed by atoms with Crippen LogP contribution in [-0.4, -0.2) is 92.9 Å². The first-order valence-corrected chi connectivity index (χ1v) is 16.0. The Morgan fingerprint density at radius 1 is 1.24 bits per heavy atom. The number of carboxylic acid groups (broad SMARTS) is 1. The number of aryl methyl sites for hydroxylation is 1. The summed E-state index contributed by atoms with van der Waals surface area (Å²) in [5.41, 5.74) is 10.6. The van der Waals surface area contributed by atoms with Crippen molar-refractivity contribution in [2.45, 2.75) is 44.1 Å². The summed E-state index contributed by atoms with van der Waals surface area (Å²) in [7, 11) is 0. The lowest BCUT2D eigenvalue weighted by atomic mass is 9.98. The second kappa shape index (κ2) is 12.1. The molecule has 3 aromatic heterocycles. The number of thioether (sulfide) groups is 2. The van der Waals surface area contributed by atoms with Crippen molar-refractivity contribution < 1.29 is 33.9 Å². The van der Waals surface area contributed by atoms with Crippen molar-refractivity contribution in [3.05, 3.63) is 39.9 Å². The molecule has 2 atom stereocenters. The number of aliphatic carboxylic acids is 1. The Bertz CT molecular complexity index is 1830. The Hall–Kier alpha value is -4.56. The lowest BCUT2D eigenvalue weighted by Crippen LogP contribution is -2.71. The minimum absolute atomic E-state index is 0.0397. The number of hydrogen-bond acceptors (Lipinski definition) is 15. The van der Waals surface area contributed by atoms with Crippen molar-refractivity contribution in [2.24, 2.45) is 16.3 Å². The standard InChI is InChI=1S/C25H26N10O7S3/c1-9-5-12(35-24(28-9)31-17(32-35)16(26)36)43-6-10-7-44-20-14(19(38)34(20)15(10)21(39)40)30-18(37)13(11-8-45-23(27)29-11)33-42-22(41)25(2,3)4/h5,8,14,20H,6-7H2,1-4H3,(H2,26,36)(H2,27,29)(H,30,37)(H,39,40)/b33-13-/t14-,20-/m1/s1. The maximum Gasteiger partial charge on any atom is 0.352 e. The second-order valence-corrected chi connectivity index (χ2v) is 13.8. The van der Waals surface area contributed by atoms with Gasteiger partial charge in [0.05, 0.1) is 5.41 Å². The predicted molar refractivity (Wildman–Crippen MR) is 163 cm³/mol. The number of nitrogens with two attached hydrogens (primary N) is 2. The first-order chi connectivity index (χ1) is 21.1. The number of oxime groups is 1. The van der Waals surface area contributed by atoms with Crippen LogP contribution >= 0.6 is 34.9 Å². The molecule has 6 N–H and O–H groups in total. The summed E-state index contributed by atoms with van der Waals surface area (Å²) in [5, 5.41) is 21.9. The molecule has 0 bridgehead atoms. The van der Waals surface area contributed by atoms with E-state index < -0.39 is 46.5 Å². The molecule has 5 rings (SSSR count). The molecule has 5 heterocycles. The fourth-order valence-electron chi connectivity index (χ4n) is 4.15. The minimum atomic E-state index is -1.31. The normalized spacial score (nSPS) is 18.4. The Kier molecular flexibility index (Phi) is 8.55. The van der Waals surface area contributed by atoms with Gasteiger partial charge in [0.1, 0.15) is 27.8 Å². The second-order valence-electron chi connectivity index (χ2n) is 10.8. The number of fused-ring (bicyclic) bond motifs is 2. The van der Waals surface area contributed by atoms with Gasteiger partial charge in [-0.2, -0.15) is 9.50 Å². The summed E-state index contributed by atoms with van der Waals surface area (Å²) in [5.74, 6) is -4.00. The number of hydrogen-bond donors (Lipinski definition) is 4. The Morgan fingerprint density at radius 3 is 2.60 bits per heavy atom. The molecule has 0 radical (unpaired) electrons. The van der Waals surface area contributed by atoms with Gasteiger partial charge in [-0.3, -0.25) is 19.3 Å². The molecule has 3 aromatic rings. The molecule has 45 heavy (non-hydrogen) atoms. The highest BCUT2D eigenvalue weighted by Crippen LogP contribution is 2.41. The molecule has 1 saturated heterocycles. The molecule has 20 heteroatoms. The topological polar surface area (TPSA) is 250 Å². The summed E-state index contributed by atoms with van der Waals surface area (Å²) in [6.45, 7) is 6.56. The number of primary amides is 1. The number of nitrogens with zero attached hydrogens (tertiary/aromatic N) is 7. The van der Waals surface area contributed by atoms with Gasteiger partial charge in [0.25, 0.3) is 23.5 Å². The number of β-lactam (4-membered cyclic amide) rings is 1. The molecule has 0 saturated carbocycles. The molecule has 0 spiro atoms. The predicted octanol–water partition coefficient (Wildman–Crippen LogP) is 0.395.